The van der Waals surface area contributed by atoms with Crippen molar-refractivity contribution in [3.05, 3.63) is 80.2 Å². The topological polar surface area (TPSA) is 39.7 Å². The fourth-order valence-electron chi connectivity index (χ4n) is 2.77. The first kappa shape index (κ1) is 21.6. The summed E-state index contributed by atoms with van der Waals surface area (Å²) >= 11 is 15.8. The van der Waals surface area contributed by atoms with Crippen molar-refractivity contribution in [3.8, 4) is 17.2 Å². The maximum Gasteiger partial charge on any atom is 0.167 e. The van der Waals surface area contributed by atoms with Crippen LogP contribution in [0.1, 0.15) is 11.1 Å². The largest absolute Gasteiger partial charge is 0.495 e. The molecule has 0 fully saturated rings. The lowest BCUT2D eigenvalue weighted by atomic mass is 10.1. The van der Waals surface area contributed by atoms with Gasteiger partial charge in [-0.15, -0.1) is 0 Å². The number of anilines is 1. The minimum absolute atomic E-state index is 0.394. The molecule has 3 rings (SSSR count). The maximum atomic E-state index is 6.22. The Morgan fingerprint density at radius 1 is 0.897 bits per heavy atom. The Hall–Kier alpha value is -2.08. The van der Waals surface area contributed by atoms with Gasteiger partial charge in [-0.2, -0.15) is 0 Å². The average Bonchev–Trinajstić information content (AvgIpc) is 2.72. The highest BCUT2D eigenvalue weighted by Crippen LogP contribution is 2.37. The van der Waals surface area contributed by atoms with Gasteiger partial charge in [-0.1, -0.05) is 51.3 Å². The molecule has 29 heavy (non-hydrogen) atoms. The molecule has 0 aromatic heterocycles. The fourth-order valence-corrected chi connectivity index (χ4v) is 3.61. The number of ether oxygens (including phenoxy) is 3. The van der Waals surface area contributed by atoms with E-state index in [1.165, 1.54) is 0 Å². The molecule has 4 nitrogen and oxygen atoms in total. The van der Waals surface area contributed by atoms with Gasteiger partial charge in [0.2, 0.25) is 0 Å². The van der Waals surface area contributed by atoms with Crippen molar-refractivity contribution in [2.45, 2.75) is 13.2 Å². The summed E-state index contributed by atoms with van der Waals surface area (Å²) in [4.78, 5) is 0. The Kier molecular flexibility index (Phi) is 7.53. The second-order valence-electron chi connectivity index (χ2n) is 6.18. The normalized spacial score (nSPS) is 10.5. The van der Waals surface area contributed by atoms with Gasteiger partial charge >= 0.3 is 0 Å². The number of nitrogens with one attached hydrogen (secondary N) is 1. The van der Waals surface area contributed by atoms with Crippen LogP contribution in [-0.2, 0) is 13.2 Å². The number of hydrogen-bond donors (Lipinski definition) is 1. The van der Waals surface area contributed by atoms with Crippen LogP contribution in [0.2, 0.25) is 10.0 Å². The smallest absolute Gasteiger partial charge is 0.167 e. The van der Waals surface area contributed by atoms with E-state index in [1.807, 2.05) is 54.6 Å². The van der Waals surface area contributed by atoms with E-state index in [9.17, 15) is 0 Å². The molecule has 0 radical (unpaired) electrons. The molecule has 0 saturated carbocycles. The highest BCUT2D eigenvalue weighted by molar-refractivity contribution is 9.10. The van der Waals surface area contributed by atoms with Crippen LogP contribution in [-0.4, -0.2) is 14.2 Å². The van der Waals surface area contributed by atoms with Crippen LogP contribution in [0.3, 0.4) is 0 Å². The van der Waals surface area contributed by atoms with Crippen LogP contribution in [0.5, 0.6) is 17.2 Å². The van der Waals surface area contributed by atoms with Crippen molar-refractivity contribution in [2.24, 2.45) is 0 Å². The Bertz CT molecular complexity index is 981. The summed E-state index contributed by atoms with van der Waals surface area (Å²) in [6.07, 6.45) is 0. The summed E-state index contributed by atoms with van der Waals surface area (Å²) in [7, 11) is 3.21. The van der Waals surface area contributed by atoms with Gasteiger partial charge < -0.3 is 19.5 Å². The van der Waals surface area contributed by atoms with Crippen LogP contribution in [0.4, 0.5) is 5.69 Å². The van der Waals surface area contributed by atoms with Crippen molar-refractivity contribution in [3.63, 3.8) is 0 Å². The molecule has 0 amide bonds. The van der Waals surface area contributed by atoms with Crippen molar-refractivity contribution < 1.29 is 14.2 Å². The Morgan fingerprint density at radius 2 is 1.59 bits per heavy atom. The zero-order chi connectivity index (χ0) is 20.8. The Morgan fingerprint density at radius 3 is 2.24 bits per heavy atom. The summed E-state index contributed by atoms with van der Waals surface area (Å²) in [6, 6.07) is 16.9. The fraction of sp³-hybridized carbons (Fsp3) is 0.182. The first-order valence-corrected chi connectivity index (χ1v) is 10.4. The molecule has 0 aliphatic heterocycles. The Balaban J connectivity index is 1.81. The average molecular weight is 497 g/mol. The minimum Gasteiger partial charge on any atom is -0.495 e. The molecule has 0 unspecified atom stereocenters. The number of benzene rings is 3. The lowest BCUT2D eigenvalue weighted by Crippen LogP contribution is -2.06. The SMILES string of the molecule is COc1ccc(NCc2c(Br)ccc(OC)c2OCc2ccc(Cl)cc2)cc1Cl. The van der Waals surface area contributed by atoms with E-state index in [1.54, 1.807) is 14.2 Å². The van der Waals surface area contributed by atoms with Crippen LogP contribution >= 0.6 is 39.1 Å². The van der Waals surface area contributed by atoms with E-state index >= 15 is 0 Å². The van der Waals surface area contributed by atoms with Gasteiger partial charge in [0.25, 0.3) is 0 Å². The first-order valence-electron chi connectivity index (χ1n) is 8.82. The van der Waals surface area contributed by atoms with Gasteiger partial charge in [0, 0.05) is 27.3 Å². The molecule has 0 heterocycles. The van der Waals surface area contributed by atoms with Crippen molar-refractivity contribution in [1.82, 2.24) is 0 Å². The summed E-state index contributed by atoms with van der Waals surface area (Å²) in [5.41, 5.74) is 2.82. The maximum absolute atomic E-state index is 6.22. The molecule has 0 atom stereocenters. The van der Waals surface area contributed by atoms with E-state index in [-0.39, 0.29) is 0 Å². The molecule has 152 valence electrons. The molecule has 1 N–H and O–H groups in total. The monoisotopic (exact) mass is 495 g/mol. The van der Waals surface area contributed by atoms with Crippen molar-refractivity contribution >= 4 is 44.8 Å². The Labute approximate surface area is 188 Å². The van der Waals surface area contributed by atoms with Crippen molar-refractivity contribution in [2.75, 3.05) is 19.5 Å². The van der Waals surface area contributed by atoms with Crippen LogP contribution in [0.15, 0.2) is 59.1 Å². The van der Waals surface area contributed by atoms with Gasteiger partial charge in [-0.25, -0.2) is 0 Å². The first-order chi connectivity index (χ1) is 14.0. The van der Waals surface area contributed by atoms with Gasteiger partial charge in [0.05, 0.1) is 19.2 Å². The quantitative estimate of drug-likeness (QED) is 0.365. The third-order valence-electron chi connectivity index (χ3n) is 4.30. The van der Waals surface area contributed by atoms with Gasteiger partial charge in [0.1, 0.15) is 12.4 Å². The third kappa shape index (κ3) is 5.50. The zero-order valence-corrected chi connectivity index (χ0v) is 19.1. The predicted molar refractivity (Wildman–Crippen MR) is 122 cm³/mol. The molecule has 0 saturated heterocycles. The third-order valence-corrected chi connectivity index (χ3v) is 5.59. The number of halogens is 3. The van der Waals surface area contributed by atoms with Gasteiger partial charge in [-0.3, -0.25) is 0 Å². The second-order valence-corrected chi connectivity index (χ2v) is 7.87. The molecule has 0 aliphatic rings. The molecule has 0 spiro atoms. The number of hydrogen-bond acceptors (Lipinski definition) is 4. The highest BCUT2D eigenvalue weighted by atomic mass is 79.9. The van der Waals surface area contributed by atoms with E-state index in [0.717, 1.165) is 21.3 Å². The lowest BCUT2D eigenvalue weighted by Gasteiger charge is -2.18. The standard InChI is InChI=1S/C22H20BrCl2NO3/c1-27-20-9-7-16(11-19(20)25)26-12-17-18(23)8-10-21(28-2)22(17)29-13-14-3-5-15(24)6-4-14/h3-11,26H,12-13H2,1-2H3. The molecule has 7 heteroatoms. The molecule has 0 bridgehead atoms. The second kappa shape index (κ2) is 10.1. The van der Waals surface area contributed by atoms with E-state index in [4.69, 9.17) is 37.4 Å². The molecule has 3 aromatic rings. The van der Waals surface area contributed by atoms with Crippen LogP contribution in [0.25, 0.3) is 0 Å². The highest BCUT2D eigenvalue weighted by Gasteiger charge is 2.15. The lowest BCUT2D eigenvalue weighted by molar-refractivity contribution is 0.281. The van der Waals surface area contributed by atoms with Crippen molar-refractivity contribution in [1.29, 1.82) is 0 Å². The summed E-state index contributed by atoms with van der Waals surface area (Å²) in [6.45, 7) is 0.905. The molecule has 0 aliphatic carbocycles. The van der Waals surface area contributed by atoms with Gasteiger partial charge in [-0.05, 0) is 48.0 Å². The minimum atomic E-state index is 0.394. The number of rotatable bonds is 8. The zero-order valence-electron chi connectivity index (χ0n) is 16.0. The molecular weight excluding hydrogens is 477 g/mol. The van der Waals surface area contributed by atoms with E-state index in [2.05, 4.69) is 21.2 Å². The summed E-state index contributed by atoms with van der Waals surface area (Å²) in [5, 5.41) is 4.60. The van der Waals surface area contributed by atoms with E-state index in [0.29, 0.717) is 40.4 Å². The molecular formula is C22H20BrCl2NO3. The van der Waals surface area contributed by atoms with Crippen LogP contribution < -0.4 is 19.5 Å². The van der Waals surface area contributed by atoms with Crippen LogP contribution in [0, 0.1) is 0 Å². The molecule has 3 aromatic carbocycles. The summed E-state index contributed by atoms with van der Waals surface area (Å²) < 4.78 is 17.8. The summed E-state index contributed by atoms with van der Waals surface area (Å²) in [5.74, 6) is 1.96. The van der Waals surface area contributed by atoms with E-state index < -0.39 is 0 Å². The van der Waals surface area contributed by atoms with Gasteiger partial charge in [0.15, 0.2) is 11.5 Å². The predicted octanol–water partition coefficient (Wildman–Crippen LogP) is 6.96. The number of methoxy groups -OCH3 is 2.